The van der Waals surface area contributed by atoms with E-state index in [4.69, 9.17) is 15.0 Å². The molecule has 1 aliphatic rings. The van der Waals surface area contributed by atoms with E-state index in [9.17, 15) is 0 Å². The number of hydrogen-bond donors (Lipinski definition) is 0. The van der Waals surface area contributed by atoms with Gasteiger partial charge in [0.25, 0.3) is 0 Å². The second-order valence-electron chi connectivity index (χ2n) is 17.1. The van der Waals surface area contributed by atoms with E-state index in [0.29, 0.717) is 17.5 Å². The van der Waals surface area contributed by atoms with Crippen molar-refractivity contribution in [2.75, 3.05) is 0 Å². The van der Waals surface area contributed by atoms with Crippen molar-refractivity contribution >= 4 is 42.3 Å². The van der Waals surface area contributed by atoms with Crippen molar-refractivity contribution in [2.45, 2.75) is 5.41 Å². The largest absolute Gasteiger partial charge is 0.208 e. The third kappa shape index (κ3) is 6.07. The highest BCUT2D eigenvalue weighted by Crippen LogP contribution is 2.58. The fraction of sp³-hybridized carbons (Fsp3) is 0.0161. The summed E-state index contributed by atoms with van der Waals surface area (Å²) in [6, 6.07) is 85.2. The highest BCUT2D eigenvalue weighted by atomic mass is 32.1. The molecule has 0 saturated carbocycles. The first kappa shape index (κ1) is 38.2. The molecule has 4 heteroatoms. The fourth-order valence-corrected chi connectivity index (χ4v) is 11.6. The summed E-state index contributed by atoms with van der Waals surface area (Å²) in [5.74, 6) is 1.89. The van der Waals surface area contributed by atoms with Gasteiger partial charge in [-0.1, -0.05) is 224 Å². The lowest BCUT2D eigenvalue weighted by Gasteiger charge is -2.33. The molecule has 0 fully saturated rings. The number of fused-ring (bicyclic) bond motifs is 7. The Hall–Kier alpha value is -8.31. The van der Waals surface area contributed by atoms with Crippen LogP contribution in [-0.2, 0) is 5.41 Å². The maximum absolute atomic E-state index is 5.39. The summed E-state index contributed by atoms with van der Waals surface area (Å²) < 4.78 is 2.60. The van der Waals surface area contributed by atoms with Gasteiger partial charge in [0.1, 0.15) is 0 Å². The summed E-state index contributed by atoms with van der Waals surface area (Å²) in [5.41, 5.74) is 14.2. The zero-order chi connectivity index (χ0) is 43.6. The molecule has 66 heavy (non-hydrogen) atoms. The lowest BCUT2D eigenvalue weighted by atomic mass is 9.67. The predicted octanol–water partition coefficient (Wildman–Crippen LogP) is 16.1. The summed E-state index contributed by atoms with van der Waals surface area (Å²) in [6.07, 6.45) is 0. The van der Waals surface area contributed by atoms with Crippen molar-refractivity contribution in [3.63, 3.8) is 0 Å². The number of hydrogen-bond acceptors (Lipinski definition) is 4. The third-order valence-corrected chi connectivity index (χ3v) is 14.6. The van der Waals surface area contributed by atoms with E-state index in [1.807, 2.05) is 11.3 Å². The van der Waals surface area contributed by atoms with Crippen molar-refractivity contribution < 1.29 is 0 Å². The van der Waals surface area contributed by atoms with Gasteiger partial charge in [0.15, 0.2) is 17.5 Å². The predicted molar refractivity (Wildman–Crippen MR) is 275 cm³/mol. The molecule has 2 heterocycles. The maximum atomic E-state index is 5.39. The van der Waals surface area contributed by atoms with E-state index >= 15 is 0 Å². The third-order valence-electron chi connectivity index (χ3n) is 13.5. The molecule has 2 aromatic heterocycles. The van der Waals surface area contributed by atoms with Crippen LogP contribution >= 0.6 is 11.3 Å². The Morgan fingerprint density at radius 1 is 0.303 bits per heavy atom. The Morgan fingerprint density at radius 2 is 0.803 bits per heavy atom. The molecular formula is C62H39N3S. The monoisotopic (exact) mass is 857 g/mol. The maximum Gasteiger partial charge on any atom is 0.164 e. The first-order valence-corrected chi connectivity index (χ1v) is 23.2. The van der Waals surface area contributed by atoms with Crippen LogP contribution in [0.15, 0.2) is 237 Å². The zero-order valence-electron chi connectivity index (χ0n) is 35.8. The van der Waals surface area contributed by atoms with Gasteiger partial charge in [-0.25, -0.2) is 15.0 Å². The van der Waals surface area contributed by atoms with E-state index < -0.39 is 5.41 Å². The van der Waals surface area contributed by atoms with Crippen LogP contribution in [0.3, 0.4) is 0 Å². The molecular weight excluding hydrogens is 819 g/mol. The topological polar surface area (TPSA) is 38.7 Å². The molecule has 1 aliphatic carbocycles. The molecule has 0 N–H and O–H groups in total. The smallest absolute Gasteiger partial charge is 0.164 e. The van der Waals surface area contributed by atoms with Gasteiger partial charge in [-0.15, -0.1) is 11.3 Å². The quantitative estimate of drug-likeness (QED) is 0.160. The molecule has 0 aliphatic heterocycles. The van der Waals surface area contributed by atoms with Gasteiger partial charge in [0.05, 0.1) is 5.41 Å². The van der Waals surface area contributed by atoms with Crippen LogP contribution < -0.4 is 0 Å². The van der Waals surface area contributed by atoms with Crippen molar-refractivity contribution in [2.24, 2.45) is 0 Å². The molecule has 3 nitrogen and oxygen atoms in total. The molecule has 13 rings (SSSR count). The van der Waals surface area contributed by atoms with Gasteiger partial charge >= 0.3 is 0 Å². The Bertz CT molecular complexity index is 3760. The Balaban J connectivity index is 0.981. The second-order valence-corrected chi connectivity index (χ2v) is 18.1. The molecule has 10 aromatic carbocycles. The Labute approximate surface area is 387 Å². The SMILES string of the molecule is c1ccc(C2(c3ccccc3)c3ccccc3-c3c(-c4nc(-c5ccc(-c6ccc7c(c6)sc6ccccc67)cc5)nc(-c5ccc(-c6cccc7ccccc67)cc5)n4)cccc32)cc1. The molecule has 12 aromatic rings. The van der Waals surface area contributed by atoms with Gasteiger partial charge in [-0.2, -0.15) is 0 Å². The van der Waals surface area contributed by atoms with Crippen molar-refractivity contribution in [3.8, 4) is 67.5 Å². The Kier molecular flexibility index (Phi) is 8.93. The van der Waals surface area contributed by atoms with Gasteiger partial charge in [0.2, 0.25) is 0 Å². The minimum absolute atomic E-state index is 0.546. The van der Waals surface area contributed by atoms with Crippen LogP contribution in [0.25, 0.3) is 98.5 Å². The van der Waals surface area contributed by atoms with Crippen LogP contribution in [0, 0.1) is 0 Å². The summed E-state index contributed by atoms with van der Waals surface area (Å²) >= 11 is 1.84. The average Bonchev–Trinajstić information content (AvgIpc) is 3.93. The highest BCUT2D eigenvalue weighted by Gasteiger charge is 2.47. The summed E-state index contributed by atoms with van der Waals surface area (Å²) in [6.45, 7) is 0. The summed E-state index contributed by atoms with van der Waals surface area (Å²) in [4.78, 5) is 16.0. The van der Waals surface area contributed by atoms with Gasteiger partial charge in [0, 0.05) is 36.9 Å². The lowest BCUT2D eigenvalue weighted by Crippen LogP contribution is -2.28. The van der Waals surface area contributed by atoms with Crippen LogP contribution in [0.4, 0.5) is 0 Å². The van der Waals surface area contributed by atoms with E-state index in [1.165, 1.54) is 69.9 Å². The van der Waals surface area contributed by atoms with Gasteiger partial charge < -0.3 is 0 Å². The van der Waals surface area contributed by atoms with Crippen LogP contribution in [0.1, 0.15) is 22.3 Å². The number of thiophene rings is 1. The van der Waals surface area contributed by atoms with Crippen molar-refractivity contribution in [1.29, 1.82) is 0 Å². The van der Waals surface area contributed by atoms with Crippen LogP contribution in [-0.4, -0.2) is 15.0 Å². The number of aromatic nitrogens is 3. The zero-order valence-corrected chi connectivity index (χ0v) is 36.6. The van der Waals surface area contributed by atoms with E-state index in [1.54, 1.807) is 0 Å². The minimum atomic E-state index is -0.546. The van der Waals surface area contributed by atoms with Gasteiger partial charge in [-0.05, 0) is 78.5 Å². The first-order valence-electron chi connectivity index (χ1n) is 22.4. The van der Waals surface area contributed by atoms with Crippen molar-refractivity contribution in [3.05, 3.63) is 259 Å². The molecule has 0 spiro atoms. The molecule has 0 saturated heterocycles. The molecule has 308 valence electrons. The molecule has 0 bridgehead atoms. The Morgan fingerprint density at radius 3 is 1.55 bits per heavy atom. The van der Waals surface area contributed by atoms with E-state index in [-0.39, 0.29) is 0 Å². The van der Waals surface area contributed by atoms with Crippen molar-refractivity contribution in [1.82, 2.24) is 15.0 Å². The summed E-state index contributed by atoms with van der Waals surface area (Å²) in [5, 5.41) is 5.05. The highest BCUT2D eigenvalue weighted by molar-refractivity contribution is 7.25. The van der Waals surface area contributed by atoms with Crippen LogP contribution in [0.2, 0.25) is 0 Å². The van der Waals surface area contributed by atoms with E-state index in [2.05, 4.69) is 237 Å². The molecule has 0 atom stereocenters. The fourth-order valence-electron chi connectivity index (χ4n) is 10.4. The average molecular weight is 858 g/mol. The lowest BCUT2D eigenvalue weighted by molar-refractivity contribution is 0.768. The first-order chi connectivity index (χ1) is 32.7. The van der Waals surface area contributed by atoms with Crippen LogP contribution in [0.5, 0.6) is 0 Å². The number of nitrogens with zero attached hydrogens (tertiary/aromatic N) is 3. The standard InChI is InChI=1S/C62H39N3S/c1-3-17-46(18-4-1)62(47-19-5-2-6-20-47)54-26-11-9-23-52(54)58-53(25-14-27-55(58)62)61-64-59(43-33-29-40(30-34-43)45-37-38-51-50-22-10-12-28-56(50)66-57(51)39-45)63-60(65-61)44-35-31-42(32-36-44)49-24-13-16-41-15-7-8-21-48(41)49/h1-39H. The number of rotatable bonds is 7. The summed E-state index contributed by atoms with van der Waals surface area (Å²) in [7, 11) is 0. The van der Waals surface area contributed by atoms with Gasteiger partial charge in [-0.3, -0.25) is 0 Å². The molecule has 0 radical (unpaired) electrons. The van der Waals surface area contributed by atoms with E-state index in [0.717, 1.165) is 33.4 Å². The number of benzene rings is 10. The minimum Gasteiger partial charge on any atom is -0.208 e. The molecule has 0 unspecified atom stereocenters. The normalized spacial score (nSPS) is 12.7. The second kappa shape index (κ2) is 15.4. The molecule has 0 amide bonds.